The summed E-state index contributed by atoms with van der Waals surface area (Å²) in [5.41, 5.74) is 0.827. The summed E-state index contributed by atoms with van der Waals surface area (Å²) in [5, 5.41) is 3.38. The van der Waals surface area contributed by atoms with Gasteiger partial charge in [-0.15, -0.1) is 0 Å². The summed E-state index contributed by atoms with van der Waals surface area (Å²) in [7, 11) is 1.43. The molecule has 0 aliphatic carbocycles. The molecule has 0 fully saturated rings. The van der Waals surface area contributed by atoms with Crippen LogP contribution in [0.5, 0.6) is 0 Å². The molecule has 0 spiro atoms. The monoisotopic (exact) mass is 263 g/mol. The molecule has 0 aliphatic rings. The van der Waals surface area contributed by atoms with E-state index in [0.29, 0.717) is 6.54 Å². The number of carbonyl (C=O) groups is 1. The molecule has 0 unspecified atom stereocenters. The van der Waals surface area contributed by atoms with Gasteiger partial charge >= 0.3 is 5.97 Å². The van der Waals surface area contributed by atoms with Gasteiger partial charge in [-0.25, -0.2) is 0 Å². The van der Waals surface area contributed by atoms with Crippen LogP contribution < -0.4 is 5.32 Å². The van der Waals surface area contributed by atoms with E-state index in [4.69, 9.17) is 4.74 Å². The first-order valence-electron chi connectivity index (χ1n) is 6.64. The summed E-state index contributed by atoms with van der Waals surface area (Å²) in [6.07, 6.45) is 0. The highest BCUT2D eigenvalue weighted by Crippen LogP contribution is 2.22. The molecule has 3 heteroatoms. The Hall–Kier alpha value is -1.35. The van der Waals surface area contributed by atoms with Crippen LogP contribution in [0.25, 0.3) is 0 Å². The van der Waals surface area contributed by atoms with E-state index in [1.807, 2.05) is 19.9 Å². The number of nitrogens with one attached hydrogen (secondary N) is 1. The first kappa shape index (κ1) is 15.7. The maximum Gasteiger partial charge on any atom is 0.312 e. The standard InChI is InChI=1S/C16H25NO2/c1-15(2,13-9-7-6-8-10-13)11-17-12-16(3,4)14(18)19-5/h6-10,17H,11-12H2,1-5H3. The van der Waals surface area contributed by atoms with Gasteiger partial charge in [0.1, 0.15) is 0 Å². The number of hydrogen-bond donors (Lipinski definition) is 1. The summed E-state index contributed by atoms with van der Waals surface area (Å²) in [6, 6.07) is 10.4. The van der Waals surface area contributed by atoms with Crippen molar-refractivity contribution < 1.29 is 9.53 Å². The fourth-order valence-corrected chi connectivity index (χ4v) is 2.03. The molecular formula is C16H25NO2. The van der Waals surface area contributed by atoms with Gasteiger partial charge in [0.25, 0.3) is 0 Å². The van der Waals surface area contributed by atoms with Crippen molar-refractivity contribution in [2.24, 2.45) is 5.41 Å². The van der Waals surface area contributed by atoms with Crippen LogP contribution in [-0.2, 0) is 14.9 Å². The van der Waals surface area contributed by atoms with Crippen molar-refractivity contribution >= 4 is 5.97 Å². The molecule has 0 aromatic heterocycles. The number of carbonyl (C=O) groups excluding carboxylic acids is 1. The van der Waals surface area contributed by atoms with E-state index in [0.717, 1.165) is 6.54 Å². The van der Waals surface area contributed by atoms with Crippen molar-refractivity contribution in [2.45, 2.75) is 33.1 Å². The van der Waals surface area contributed by atoms with Crippen LogP contribution in [0.1, 0.15) is 33.3 Å². The third-order valence-electron chi connectivity index (χ3n) is 3.43. The minimum absolute atomic E-state index is 0.0352. The Morgan fingerprint density at radius 1 is 1.11 bits per heavy atom. The number of hydrogen-bond acceptors (Lipinski definition) is 3. The van der Waals surface area contributed by atoms with Crippen LogP contribution in [0.3, 0.4) is 0 Å². The Morgan fingerprint density at radius 3 is 2.21 bits per heavy atom. The van der Waals surface area contributed by atoms with E-state index in [2.05, 4.69) is 43.4 Å². The van der Waals surface area contributed by atoms with Gasteiger partial charge in [-0.05, 0) is 19.4 Å². The molecule has 0 atom stereocenters. The van der Waals surface area contributed by atoms with E-state index >= 15 is 0 Å². The molecule has 3 nitrogen and oxygen atoms in total. The topological polar surface area (TPSA) is 38.3 Å². The minimum Gasteiger partial charge on any atom is -0.469 e. The third-order valence-corrected chi connectivity index (χ3v) is 3.43. The summed E-state index contributed by atoms with van der Waals surface area (Å²) in [5.74, 6) is -0.183. The summed E-state index contributed by atoms with van der Waals surface area (Å²) in [6.45, 7) is 9.59. The molecule has 0 saturated carbocycles. The van der Waals surface area contributed by atoms with Crippen molar-refractivity contribution in [1.82, 2.24) is 5.32 Å². The second-order valence-corrected chi connectivity index (χ2v) is 6.23. The van der Waals surface area contributed by atoms with Crippen LogP contribution in [0.2, 0.25) is 0 Å². The SMILES string of the molecule is COC(=O)C(C)(C)CNCC(C)(C)c1ccccc1. The lowest BCUT2D eigenvalue weighted by Gasteiger charge is -2.28. The van der Waals surface area contributed by atoms with Gasteiger partial charge in [0.15, 0.2) is 0 Å². The molecule has 106 valence electrons. The van der Waals surface area contributed by atoms with Crippen LogP contribution in [0, 0.1) is 5.41 Å². The molecule has 0 bridgehead atoms. The van der Waals surface area contributed by atoms with Gasteiger partial charge in [-0.1, -0.05) is 44.2 Å². The average molecular weight is 263 g/mol. The molecule has 1 N–H and O–H groups in total. The zero-order chi connectivity index (χ0) is 14.5. The lowest BCUT2D eigenvalue weighted by molar-refractivity contribution is -0.150. The molecular weight excluding hydrogens is 238 g/mol. The van der Waals surface area contributed by atoms with E-state index in [1.165, 1.54) is 12.7 Å². The van der Waals surface area contributed by atoms with Crippen LogP contribution in [0.4, 0.5) is 0 Å². The average Bonchev–Trinajstić information content (AvgIpc) is 2.38. The highest BCUT2D eigenvalue weighted by Gasteiger charge is 2.29. The normalized spacial score (nSPS) is 12.3. The van der Waals surface area contributed by atoms with E-state index in [-0.39, 0.29) is 11.4 Å². The van der Waals surface area contributed by atoms with E-state index in [9.17, 15) is 4.79 Å². The maximum atomic E-state index is 11.6. The maximum absolute atomic E-state index is 11.6. The zero-order valence-corrected chi connectivity index (χ0v) is 12.6. The molecule has 0 aliphatic heterocycles. The highest BCUT2D eigenvalue weighted by molar-refractivity contribution is 5.76. The van der Waals surface area contributed by atoms with Crippen molar-refractivity contribution in [3.63, 3.8) is 0 Å². The van der Waals surface area contributed by atoms with Crippen LogP contribution in [0.15, 0.2) is 30.3 Å². The minimum atomic E-state index is -0.498. The second-order valence-electron chi connectivity index (χ2n) is 6.23. The van der Waals surface area contributed by atoms with Gasteiger partial charge in [0, 0.05) is 18.5 Å². The summed E-state index contributed by atoms with van der Waals surface area (Å²) < 4.78 is 4.80. The largest absolute Gasteiger partial charge is 0.469 e. The Morgan fingerprint density at radius 2 is 1.68 bits per heavy atom. The first-order chi connectivity index (χ1) is 8.79. The van der Waals surface area contributed by atoms with Crippen molar-refractivity contribution in [2.75, 3.05) is 20.2 Å². The lowest BCUT2D eigenvalue weighted by atomic mass is 9.84. The van der Waals surface area contributed by atoms with Crippen LogP contribution >= 0.6 is 0 Å². The summed E-state index contributed by atoms with van der Waals surface area (Å²) >= 11 is 0. The van der Waals surface area contributed by atoms with Gasteiger partial charge in [-0.2, -0.15) is 0 Å². The highest BCUT2D eigenvalue weighted by atomic mass is 16.5. The van der Waals surface area contributed by atoms with E-state index in [1.54, 1.807) is 0 Å². The first-order valence-corrected chi connectivity index (χ1v) is 6.64. The Bertz CT molecular complexity index is 410. The van der Waals surface area contributed by atoms with Crippen molar-refractivity contribution in [3.05, 3.63) is 35.9 Å². The predicted molar refractivity (Wildman–Crippen MR) is 78.1 cm³/mol. The molecule has 1 rings (SSSR count). The molecule has 1 aromatic carbocycles. The van der Waals surface area contributed by atoms with Crippen LogP contribution in [-0.4, -0.2) is 26.2 Å². The smallest absolute Gasteiger partial charge is 0.312 e. The number of rotatable bonds is 6. The molecule has 0 radical (unpaired) electrons. The van der Waals surface area contributed by atoms with Gasteiger partial charge in [0.2, 0.25) is 0 Å². The molecule has 19 heavy (non-hydrogen) atoms. The zero-order valence-electron chi connectivity index (χ0n) is 12.6. The molecule has 1 aromatic rings. The number of ether oxygens (including phenoxy) is 1. The number of methoxy groups -OCH3 is 1. The fraction of sp³-hybridized carbons (Fsp3) is 0.562. The Balaban J connectivity index is 2.55. The van der Waals surface area contributed by atoms with Gasteiger partial charge in [-0.3, -0.25) is 4.79 Å². The van der Waals surface area contributed by atoms with Gasteiger partial charge in [0.05, 0.1) is 12.5 Å². The second kappa shape index (κ2) is 6.20. The molecule has 0 heterocycles. The van der Waals surface area contributed by atoms with E-state index < -0.39 is 5.41 Å². The number of benzene rings is 1. The van der Waals surface area contributed by atoms with Gasteiger partial charge < -0.3 is 10.1 Å². The summed E-state index contributed by atoms with van der Waals surface area (Å²) in [4.78, 5) is 11.6. The quantitative estimate of drug-likeness (QED) is 0.802. The molecule has 0 amide bonds. The third kappa shape index (κ3) is 4.35. The Labute approximate surface area is 116 Å². The lowest BCUT2D eigenvalue weighted by Crippen LogP contribution is -2.41. The predicted octanol–water partition coefficient (Wildman–Crippen LogP) is 2.75. The Kier molecular flexibility index (Phi) is 5.12. The number of esters is 1. The fourth-order valence-electron chi connectivity index (χ4n) is 2.03. The molecule has 0 saturated heterocycles. The van der Waals surface area contributed by atoms with Crippen molar-refractivity contribution in [1.29, 1.82) is 0 Å². The van der Waals surface area contributed by atoms with Crippen molar-refractivity contribution in [3.8, 4) is 0 Å².